The maximum absolute atomic E-state index is 12.2. The van der Waals surface area contributed by atoms with Crippen molar-refractivity contribution < 1.29 is 9.53 Å². The zero-order valence-corrected chi connectivity index (χ0v) is 19.8. The first kappa shape index (κ1) is 22.3. The molecule has 3 aromatic heterocycles. The zero-order chi connectivity index (χ0) is 23.7. The summed E-state index contributed by atoms with van der Waals surface area (Å²) in [4.78, 5) is 26.8. The van der Waals surface area contributed by atoms with Gasteiger partial charge in [0.2, 0.25) is 5.91 Å². The van der Waals surface area contributed by atoms with Crippen LogP contribution in [0, 0.1) is 0 Å². The lowest BCUT2D eigenvalue weighted by Gasteiger charge is -2.32. The van der Waals surface area contributed by atoms with Gasteiger partial charge in [0, 0.05) is 30.2 Å². The number of piperidine rings is 1. The van der Waals surface area contributed by atoms with Crippen molar-refractivity contribution in [2.75, 3.05) is 18.8 Å². The molecule has 0 radical (unpaired) electrons. The van der Waals surface area contributed by atoms with E-state index >= 15 is 0 Å². The van der Waals surface area contributed by atoms with Crippen LogP contribution in [-0.2, 0) is 11.4 Å². The van der Waals surface area contributed by atoms with E-state index in [0.29, 0.717) is 53.0 Å². The zero-order valence-electron chi connectivity index (χ0n) is 18.2. The number of hydrogen-bond donors (Lipinski definition) is 1. The third-order valence-corrected chi connectivity index (χ3v) is 6.84. The highest BCUT2D eigenvalue weighted by molar-refractivity contribution is 7.09. The summed E-state index contributed by atoms with van der Waals surface area (Å²) in [5, 5.41) is 8.76. The summed E-state index contributed by atoms with van der Waals surface area (Å²) < 4.78 is 7.68. The van der Waals surface area contributed by atoms with Gasteiger partial charge >= 0.3 is 0 Å². The number of nitrogens with zero attached hydrogens (tertiary/aromatic N) is 6. The molecule has 11 heteroatoms. The van der Waals surface area contributed by atoms with Crippen LogP contribution in [-0.4, -0.2) is 48.6 Å². The summed E-state index contributed by atoms with van der Waals surface area (Å²) >= 11 is 8.06. The minimum absolute atomic E-state index is 0.0421. The number of rotatable bonds is 6. The molecular weight excluding hydrogens is 474 g/mol. The smallest absolute Gasteiger partial charge is 0.246 e. The van der Waals surface area contributed by atoms with Gasteiger partial charge in [0.25, 0.3) is 0 Å². The van der Waals surface area contributed by atoms with Crippen molar-refractivity contribution in [1.29, 1.82) is 0 Å². The van der Waals surface area contributed by atoms with Crippen LogP contribution in [0.4, 0.5) is 5.82 Å². The molecule has 4 aromatic rings. The minimum Gasteiger partial charge on any atom is -0.485 e. The normalized spacial score (nSPS) is 16.0. The first-order valence-electron chi connectivity index (χ1n) is 10.8. The molecule has 0 unspecified atom stereocenters. The second-order valence-corrected chi connectivity index (χ2v) is 9.28. The number of amides is 1. The fourth-order valence-electron chi connectivity index (χ4n) is 4.16. The topological polar surface area (TPSA) is 112 Å². The summed E-state index contributed by atoms with van der Waals surface area (Å²) in [6.07, 6.45) is 6.23. The van der Waals surface area contributed by atoms with Crippen LogP contribution in [0.2, 0.25) is 5.02 Å². The number of aromatic nitrogens is 5. The van der Waals surface area contributed by atoms with Gasteiger partial charge in [-0.3, -0.25) is 4.79 Å². The molecule has 1 aromatic carbocycles. The highest BCUT2D eigenvalue weighted by Gasteiger charge is 2.28. The molecule has 0 spiro atoms. The van der Waals surface area contributed by atoms with E-state index in [0.717, 1.165) is 23.4 Å². The van der Waals surface area contributed by atoms with E-state index in [1.54, 1.807) is 23.2 Å². The number of fused-ring (bicyclic) bond motifs is 1. The largest absolute Gasteiger partial charge is 0.485 e. The van der Waals surface area contributed by atoms with Crippen LogP contribution in [0.3, 0.4) is 0 Å². The number of nitrogens with two attached hydrogens (primary N) is 1. The monoisotopic (exact) mass is 495 g/mol. The predicted octanol–water partition coefficient (Wildman–Crippen LogP) is 4.11. The van der Waals surface area contributed by atoms with E-state index in [9.17, 15) is 4.79 Å². The van der Waals surface area contributed by atoms with Crippen molar-refractivity contribution >= 4 is 45.7 Å². The number of thiazole rings is 1. The van der Waals surface area contributed by atoms with Crippen molar-refractivity contribution in [2.45, 2.75) is 25.5 Å². The highest BCUT2D eigenvalue weighted by Crippen LogP contribution is 2.37. The van der Waals surface area contributed by atoms with E-state index in [-0.39, 0.29) is 11.9 Å². The molecule has 2 N–H and O–H groups in total. The molecule has 1 fully saturated rings. The van der Waals surface area contributed by atoms with Gasteiger partial charge < -0.3 is 15.4 Å². The van der Waals surface area contributed by atoms with Crippen LogP contribution >= 0.6 is 22.9 Å². The van der Waals surface area contributed by atoms with Crippen molar-refractivity contribution in [3.8, 4) is 17.0 Å². The van der Waals surface area contributed by atoms with Gasteiger partial charge in [-0.05, 0) is 37.1 Å². The van der Waals surface area contributed by atoms with Gasteiger partial charge in [0.15, 0.2) is 5.65 Å². The Balaban J connectivity index is 1.50. The number of hydrogen-bond acceptors (Lipinski definition) is 8. The van der Waals surface area contributed by atoms with E-state index in [1.807, 2.05) is 16.1 Å². The third-order valence-electron chi connectivity index (χ3n) is 5.79. The number of halogens is 1. The lowest BCUT2D eigenvalue weighted by atomic mass is 10.1. The minimum atomic E-state index is -0.0874. The Morgan fingerprint density at radius 3 is 3.00 bits per heavy atom. The van der Waals surface area contributed by atoms with E-state index in [4.69, 9.17) is 27.2 Å². The molecule has 1 aliphatic heterocycles. The summed E-state index contributed by atoms with van der Waals surface area (Å²) in [5.74, 6) is 0.802. The SMILES string of the molecule is C=CC(=O)N1CCC[C@@H](n2nc(-c3ccc(OCc4nccs4)c(Cl)c3)c3c(N)ncnc32)C1. The van der Waals surface area contributed by atoms with E-state index < -0.39 is 0 Å². The second-order valence-electron chi connectivity index (χ2n) is 7.89. The summed E-state index contributed by atoms with van der Waals surface area (Å²) in [7, 11) is 0. The Bertz CT molecular complexity index is 1360. The molecule has 1 saturated heterocycles. The van der Waals surface area contributed by atoms with Gasteiger partial charge in [0.1, 0.15) is 35.2 Å². The summed E-state index contributed by atoms with van der Waals surface area (Å²) in [6.45, 7) is 5.17. The molecule has 0 saturated carbocycles. The van der Waals surface area contributed by atoms with Gasteiger partial charge in [-0.15, -0.1) is 11.3 Å². The van der Waals surface area contributed by atoms with Crippen LogP contribution in [0.1, 0.15) is 23.9 Å². The Hall–Kier alpha value is -3.50. The maximum Gasteiger partial charge on any atom is 0.246 e. The van der Waals surface area contributed by atoms with Crippen molar-refractivity contribution in [2.24, 2.45) is 0 Å². The number of anilines is 1. The van der Waals surface area contributed by atoms with Crippen molar-refractivity contribution in [1.82, 2.24) is 29.6 Å². The van der Waals surface area contributed by atoms with Crippen LogP contribution in [0.25, 0.3) is 22.3 Å². The Kier molecular flexibility index (Phi) is 6.16. The summed E-state index contributed by atoms with van der Waals surface area (Å²) in [5.41, 5.74) is 8.29. The molecule has 0 bridgehead atoms. The molecular formula is C23H22ClN7O2S. The van der Waals surface area contributed by atoms with Gasteiger partial charge in [-0.2, -0.15) is 5.10 Å². The van der Waals surface area contributed by atoms with Crippen molar-refractivity contribution in [3.05, 3.63) is 58.8 Å². The first-order chi connectivity index (χ1) is 16.5. The molecule has 1 amide bonds. The van der Waals surface area contributed by atoms with E-state index in [2.05, 4.69) is 21.5 Å². The first-order valence-corrected chi connectivity index (χ1v) is 12.0. The van der Waals surface area contributed by atoms with E-state index in [1.165, 1.54) is 23.7 Å². The van der Waals surface area contributed by atoms with Crippen molar-refractivity contribution in [3.63, 3.8) is 0 Å². The van der Waals surface area contributed by atoms with Gasteiger partial charge in [-0.25, -0.2) is 19.6 Å². The number of ether oxygens (including phenoxy) is 1. The number of nitrogen functional groups attached to an aromatic ring is 1. The number of likely N-dealkylation sites (tertiary alicyclic amines) is 1. The fourth-order valence-corrected chi connectivity index (χ4v) is 4.93. The second kappa shape index (κ2) is 9.40. The maximum atomic E-state index is 12.2. The molecule has 1 aliphatic rings. The fraction of sp³-hybridized carbons (Fsp3) is 0.261. The Labute approximate surface area is 204 Å². The Morgan fingerprint density at radius 1 is 1.35 bits per heavy atom. The average Bonchev–Trinajstić information content (AvgIpc) is 3.51. The quantitative estimate of drug-likeness (QED) is 0.400. The van der Waals surface area contributed by atoms with Crippen LogP contribution in [0.5, 0.6) is 5.75 Å². The molecule has 9 nitrogen and oxygen atoms in total. The number of carbonyl (C=O) groups excluding carboxylic acids is 1. The highest BCUT2D eigenvalue weighted by atomic mass is 35.5. The molecule has 1 atom stereocenters. The Morgan fingerprint density at radius 2 is 2.24 bits per heavy atom. The predicted molar refractivity (Wildman–Crippen MR) is 132 cm³/mol. The lowest BCUT2D eigenvalue weighted by molar-refractivity contribution is -0.127. The summed E-state index contributed by atoms with van der Waals surface area (Å²) in [6, 6.07) is 5.45. The molecule has 4 heterocycles. The molecule has 174 valence electrons. The van der Waals surface area contributed by atoms with Crippen LogP contribution in [0.15, 0.2) is 48.8 Å². The number of benzene rings is 1. The molecule has 34 heavy (non-hydrogen) atoms. The molecule has 0 aliphatic carbocycles. The number of carbonyl (C=O) groups is 1. The standard InChI is InChI=1S/C23H22ClN7O2S/c1-2-19(32)30-8-3-4-15(11-30)31-23-20(22(25)27-13-28-23)21(29-31)14-5-6-17(16(24)10-14)33-12-18-26-7-9-34-18/h2,5-7,9-10,13,15H,1,3-4,8,11-12H2,(H2,25,27,28)/t15-/m1/s1. The van der Waals surface area contributed by atoms with Gasteiger partial charge in [-0.1, -0.05) is 18.2 Å². The molecule has 5 rings (SSSR count). The van der Waals surface area contributed by atoms with Gasteiger partial charge in [0.05, 0.1) is 16.5 Å². The average molecular weight is 496 g/mol. The lowest BCUT2D eigenvalue weighted by Crippen LogP contribution is -2.40. The van der Waals surface area contributed by atoms with Crippen LogP contribution < -0.4 is 10.5 Å². The third kappa shape index (κ3) is 4.22.